The lowest BCUT2D eigenvalue weighted by Gasteiger charge is -2.56. The van der Waals surface area contributed by atoms with E-state index < -0.39 is 11.6 Å². The first-order valence-electron chi connectivity index (χ1n) is 14.3. The summed E-state index contributed by atoms with van der Waals surface area (Å²) in [5.74, 6) is 0.903. The normalized spacial score (nSPS) is 21.5. The third kappa shape index (κ3) is 5.18. The summed E-state index contributed by atoms with van der Waals surface area (Å²) in [7, 11) is 5.07. The third-order valence-corrected chi connectivity index (χ3v) is 9.12. The second-order valence-electron chi connectivity index (χ2n) is 11.3. The highest BCUT2D eigenvalue weighted by atomic mass is 19.1. The van der Waals surface area contributed by atoms with Gasteiger partial charge >= 0.3 is 0 Å². The first kappa shape index (κ1) is 29.8. The molecule has 4 aliphatic rings. The van der Waals surface area contributed by atoms with E-state index in [9.17, 15) is 14.0 Å². The molecular formula is C32H44FN3O4. The van der Waals surface area contributed by atoms with Gasteiger partial charge in [0.25, 0.3) is 5.56 Å². The molecule has 7 nitrogen and oxygen atoms in total. The number of carbonyl (C=O) groups excluding carboxylic acids is 1. The van der Waals surface area contributed by atoms with Crippen LogP contribution < -0.4 is 15.0 Å². The van der Waals surface area contributed by atoms with Crippen molar-refractivity contribution in [1.29, 1.82) is 0 Å². The fraction of sp³-hybridized carbons (Fsp3) is 0.562. The summed E-state index contributed by atoms with van der Waals surface area (Å²) in [5, 5.41) is 0. The second kappa shape index (κ2) is 11.4. The molecule has 40 heavy (non-hydrogen) atoms. The first-order chi connectivity index (χ1) is 19.0. The van der Waals surface area contributed by atoms with Crippen molar-refractivity contribution in [3.63, 3.8) is 0 Å². The standard InChI is InChI=1S/C30H38FN3O4.C2H6/c1-17-18(2)28(35)32(5)15-24(17)21-10-26(37-6)25(27(11-21)38-7)16-34-22-12-23(34)14-33(13-22)29(36)19(3)20(4)30(31)8-9-30;1-2/h10-11,15,20,22-23H,3,8-9,12-14,16H2,1-2,4-7H3;1-2H3. The summed E-state index contributed by atoms with van der Waals surface area (Å²) < 4.78 is 27.8. The van der Waals surface area contributed by atoms with Gasteiger partial charge in [-0.05, 0) is 56.4 Å². The zero-order valence-corrected chi connectivity index (χ0v) is 25.3. The fourth-order valence-electron chi connectivity index (χ4n) is 6.11. The summed E-state index contributed by atoms with van der Waals surface area (Å²) in [6.45, 7) is 15.4. The number of rotatable bonds is 8. The van der Waals surface area contributed by atoms with Gasteiger partial charge in [0.2, 0.25) is 5.91 Å². The molecule has 2 bridgehead atoms. The lowest BCUT2D eigenvalue weighted by molar-refractivity contribution is -0.141. The van der Waals surface area contributed by atoms with Gasteiger partial charge in [-0.2, -0.15) is 0 Å². The van der Waals surface area contributed by atoms with Crippen LogP contribution in [0.25, 0.3) is 11.1 Å². The Balaban J connectivity index is 0.00000181. The van der Waals surface area contributed by atoms with Crippen molar-refractivity contribution in [2.24, 2.45) is 13.0 Å². The maximum absolute atomic E-state index is 14.5. The van der Waals surface area contributed by atoms with Gasteiger partial charge in [-0.25, -0.2) is 4.39 Å². The number of aryl methyl sites for hydroxylation is 1. The molecule has 0 N–H and O–H groups in total. The van der Waals surface area contributed by atoms with Crippen LogP contribution in [0.2, 0.25) is 0 Å². The minimum absolute atomic E-state index is 0.00609. The number of methoxy groups -OCH3 is 2. The summed E-state index contributed by atoms with van der Waals surface area (Å²) in [4.78, 5) is 29.7. The van der Waals surface area contributed by atoms with Crippen molar-refractivity contribution in [2.75, 3.05) is 27.3 Å². The van der Waals surface area contributed by atoms with E-state index in [0.717, 1.165) is 45.7 Å². The SMILES string of the molecule is C=C(C(=O)N1CC2CC(C1)N2Cc1c(OC)cc(-c2cn(C)c(=O)c(C)c2C)cc1OC)C(C)C1(F)CC1.CC. The molecule has 6 rings (SSSR count). The zero-order valence-electron chi connectivity index (χ0n) is 25.3. The Morgan fingerprint density at radius 3 is 2.15 bits per heavy atom. The minimum Gasteiger partial charge on any atom is -0.496 e. The first-order valence-corrected chi connectivity index (χ1v) is 14.3. The van der Waals surface area contributed by atoms with E-state index in [2.05, 4.69) is 11.5 Å². The lowest BCUT2D eigenvalue weighted by Crippen LogP contribution is -2.69. The highest BCUT2D eigenvalue weighted by molar-refractivity contribution is 5.93. The molecule has 4 heterocycles. The number of hydrogen-bond donors (Lipinski definition) is 0. The molecule has 4 fully saturated rings. The van der Waals surface area contributed by atoms with Gasteiger partial charge in [-0.1, -0.05) is 27.4 Å². The number of benzene rings is 1. The van der Waals surface area contributed by atoms with Crippen LogP contribution in [0.4, 0.5) is 4.39 Å². The molecule has 1 amide bonds. The highest BCUT2D eigenvalue weighted by Crippen LogP contribution is 2.49. The quantitative estimate of drug-likeness (QED) is 0.421. The molecule has 0 spiro atoms. The van der Waals surface area contributed by atoms with Gasteiger partial charge in [0.15, 0.2) is 0 Å². The number of aromatic nitrogens is 1. The largest absolute Gasteiger partial charge is 0.496 e. The molecule has 2 aromatic rings. The van der Waals surface area contributed by atoms with Crippen LogP contribution in [0.1, 0.15) is 56.7 Å². The number of piperidine rings is 1. The molecule has 3 atom stereocenters. The Kier molecular flexibility index (Phi) is 8.50. The molecule has 3 saturated heterocycles. The Hall–Kier alpha value is -3.13. The zero-order chi connectivity index (χ0) is 29.5. The highest BCUT2D eigenvalue weighted by Gasteiger charge is 2.52. The molecule has 218 valence electrons. The van der Waals surface area contributed by atoms with Gasteiger partial charge < -0.3 is 18.9 Å². The summed E-state index contributed by atoms with van der Waals surface area (Å²) >= 11 is 0. The smallest absolute Gasteiger partial charge is 0.253 e. The van der Waals surface area contributed by atoms with Crippen LogP contribution in [-0.4, -0.2) is 65.3 Å². The molecule has 1 aliphatic carbocycles. The number of nitrogens with zero attached hydrogens (tertiary/aromatic N) is 3. The van der Waals surface area contributed by atoms with Crippen LogP contribution in [0.3, 0.4) is 0 Å². The van der Waals surface area contributed by atoms with Gasteiger partial charge in [0.05, 0.1) is 19.8 Å². The third-order valence-electron chi connectivity index (χ3n) is 9.12. The van der Waals surface area contributed by atoms with Crippen molar-refractivity contribution < 1.29 is 18.7 Å². The number of pyridine rings is 1. The lowest BCUT2D eigenvalue weighted by atomic mass is 9.85. The van der Waals surface area contributed by atoms with Crippen LogP contribution in [0.15, 0.2) is 35.3 Å². The maximum atomic E-state index is 14.5. The monoisotopic (exact) mass is 553 g/mol. The summed E-state index contributed by atoms with van der Waals surface area (Å²) in [5.41, 5.74) is 3.63. The number of piperazine rings is 1. The molecule has 0 radical (unpaired) electrons. The Morgan fingerprint density at radius 1 is 1.10 bits per heavy atom. The average molecular weight is 554 g/mol. The number of ether oxygens (including phenoxy) is 2. The predicted octanol–water partition coefficient (Wildman–Crippen LogP) is 5.19. The van der Waals surface area contributed by atoms with Gasteiger partial charge in [-0.15, -0.1) is 0 Å². The summed E-state index contributed by atoms with van der Waals surface area (Å²) in [6.07, 6.45) is 3.91. The van der Waals surface area contributed by atoms with Crippen LogP contribution in [0, 0.1) is 19.8 Å². The van der Waals surface area contributed by atoms with E-state index in [1.54, 1.807) is 32.8 Å². The Morgan fingerprint density at radius 2 is 1.65 bits per heavy atom. The molecule has 1 aromatic carbocycles. The molecular weight excluding hydrogens is 509 g/mol. The van der Waals surface area contributed by atoms with Crippen molar-refractivity contribution in [2.45, 2.75) is 78.2 Å². The fourth-order valence-corrected chi connectivity index (χ4v) is 6.11. The van der Waals surface area contributed by atoms with E-state index in [1.807, 2.05) is 50.9 Å². The van der Waals surface area contributed by atoms with E-state index in [1.165, 1.54) is 0 Å². The summed E-state index contributed by atoms with van der Waals surface area (Å²) in [6, 6.07) is 4.46. The minimum atomic E-state index is -1.25. The molecule has 1 aromatic heterocycles. The van der Waals surface area contributed by atoms with Gasteiger partial charge in [0, 0.05) is 67.6 Å². The van der Waals surface area contributed by atoms with Crippen molar-refractivity contribution >= 4 is 5.91 Å². The molecule has 8 heteroatoms. The number of amides is 1. The van der Waals surface area contributed by atoms with Crippen molar-refractivity contribution in [3.05, 3.63) is 57.5 Å². The Bertz CT molecular complexity index is 1330. The number of carbonyl (C=O) groups is 1. The molecule has 1 saturated carbocycles. The second-order valence-corrected chi connectivity index (χ2v) is 11.3. The number of hydrogen-bond acceptors (Lipinski definition) is 5. The van der Waals surface area contributed by atoms with E-state index in [0.29, 0.717) is 38.0 Å². The predicted molar refractivity (Wildman–Crippen MR) is 157 cm³/mol. The van der Waals surface area contributed by atoms with E-state index in [-0.39, 0.29) is 23.6 Å². The Labute approximate surface area is 237 Å². The van der Waals surface area contributed by atoms with Gasteiger partial charge in [-0.3, -0.25) is 14.5 Å². The van der Waals surface area contributed by atoms with E-state index >= 15 is 0 Å². The topological polar surface area (TPSA) is 64.0 Å². The van der Waals surface area contributed by atoms with E-state index in [4.69, 9.17) is 9.47 Å². The molecule has 3 unspecified atom stereocenters. The van der Waals surface area contributed by atoms with Crippen LogP contribution >= 0.6 is 0 Å². The molecule has 3 aliphatic heterocycles. The average Bonchev–Trinajstić information content (AvgIpc) is 3.74. The van der Waals surface area contributed by atoms with Crippen LogP contribution in [-0.2, 0) is 18.4 Å². The number of alkyl halides is 1. The van der Waals surface area contributed by atoms with Crippen molar-refractivity contribution in [1.82, 2.24) is 14.4 Å². The van der Waals surface area contributed by atoms with Crippen LogP contribution in [0.5, 0.6) is 11.5 Å². The van der Waals surface area contributed by atoms with Crippen molar-refractivity contribution in [3.8, 4) is 22.6 Å². The maximum Gasteiger partial charge on any atom is 0.253 e. The van der Waals surface area contributed by atoms with Gasteiger partial charge in [0.1, 0.15) is 17.2 Å². The number of halogens is 1. The number of fused-ring (bicyclic) bond motifs is 2.